The van der Waals surface area contributed by atoms with E-state index in [1.807, 2.05) is 36.7 Å². The molecule has 2 aromatic rings. The summed E-state index contributed by atoms with van der Waals surface area (Å²) in [7, 11) is 0. The maximum Gasteiger partial charge on any atom is 0.0947 e. The van der Waals surface area contributed by atoms with Gasteiger partial charge in [-0.1, -0.05) is 6.07 Å². The number of piperidine rings is 1. The van der Waals surface area contributed by atoms with Crippen molar-refractivity contribution in [2.45, 2.75) is 38.5 Å². The third-order valence-corrected chi connectivity index (χ3v) is 5.42. The van der Waals surface area contributed by atoms with Crippen molar-refractivity contribution >= 4 is 0 Å². The van der Waals surface area contributed by atoms with E-state index in [2.05, 4.69) is 9.88 Å². The highest BCUT2D eigenvalue weighted by Crippen LogP contribution is 2.41. The van der Waals surface area contributed by atoms with E-state index in [9.17, 15) is 0 Å². The molecule has 2 atom stereocenters. The van der Waals surface area contributed by atoms with Crippen molar-refractivity contribution in [3.63, 3.8) is 0 Å². The van der Waals surface area contributed by atoms with Crippen LogP contribution in [0.25, 0.3) is 0 Å². The van der Waals surface area contributed by atoms with Gasteiger partial charge >= 0.3 is 0 Å². The fraction of sp³-hybridized carbons (Fsp3) is 0.550. The van der Waals surface area contributed by atoms with Crippen LogP contribution >= 0.6 is 0 Å². The van der Waals surface area contributed by atoms with Crippen LogP contribution in [0.3, 0.4) is 0 Å². The quantitative estimate of drug-likeness (QED) is 0.806. The second-order valence-electron chi connectivity index (χ2n) is 7.27. The number of hydrogen-bond donors (Lipinski definition) is 0. The smallest absolute Gasteiger partial charge is 0.0947 e. The molecule has 0 saturated carbocycles. The number of nitrogens with zero attached hydrogens (tertiary/aromatic N) is 2. The van der Waals surface area contributed by atoms with E-state index in [4.69, 9.17) is 13.9 Å². The van der Waals surface area contributed by atoms with Crippen molar-refractivity contribution in [3.8, 4) is 0 Å². The summed E-state index contributed by atoms with van der Waals surface area (Å²) in [5.74, 6) is 0. The van der Waals surface area contributed by atoms with E-state index < -0.39 is 0 Å². The zero-order chi connectivity index (χ0) is 17.0. The number of hydrogen-bond acceptors (Lipinski definition) is 5. The summed E-state index contributed by atoms with van der Waals surface area (Å²) in [5, 5.41) is 0. The summed E-state index contributed by atoms with van der Waals surface area (Å²) < 4.78 is 17.5. The number of ether oxygens (including phenoxy) is 2. The lowest BCUT2D eigenvalue weighted by Gasteiger charge is -2.50. The lowest BCUT2D eigenvalue weighted by Crippen LogP contribution is -2.56. The number of aromatic nitrogens is 1. The predicted octanol–water partition coefficient (Wildman–Crippen LogP) is 3.26. The maximum absolute atomic E-state index is 6.13. The van der Waals surface area contributed by atoms with Gasteiger partial charge in [-0.3, -0.25) is 9.88 Å². The molecule has 4 heterocycles. The van der Waals surface area contributed by atoms with Crippen LogP contribution < -0.4 is 0 Å². The molecule has 0 N–H and O–H groups in total. The first-order valence-corrected chi connectivity index (χ1v) is 9.17. The second kappa shape index (κ2) is 7.68. The summed E-state index contributed by atoms with van der Waals surface area (Å²) in [5.41, 5.74) is 2.31. The summed E-state index contributed by atoms with van der Waals surface area (Å²) in [6, 6.07) is 8.00. The van der Waals surface area contributed by atoms with Crippen LogP contribution in [-0.4, -0.2) is 42.3 Å². The van der Waals surface area contributed by atoms with Crippen molar-refractivity contribution in [1.29, 1.82) is 0 Å². The highest BCUT2D eigenvalue weighted by Gasteiger charge is 2.46. The lowest BCUT2D eigenvalue weighted by atomic mass is 9.73. The highest BCUT2D eigenvalue weighted by atomic mass is 16.5. The molecule has 0 bridgehead atoms. The Hall–Kier alpha value is -1.69. The topological polar surface area (TPSA) is 47.7 Å². The molecular formula is C20H26N2O3. The van der Waals surface area contributed by atoms with E-state index in [0.717, 1.165) is 51.4 Å². The standard InChI is InChI=1S/C20H26N2O3/c1-2-8-21-18(4-1)14-24-16-20-7-3-10-25-19(20)5-9-22(15-20)12-17-6-11-23-13-17/h1-2,4,6,8,11,13,19H,3,5,7,9-10,12,14-16H2/t19-,20-/m0/s1. The van der Waals surface area contributed by atoms with Crippen LogP contribution in [0, 0.1) is 5.41 Å². The summed E-state index contributed by atoms with van der Waals surface area (Å²) in [6.45, 7) is 5.20. The third kappa shape index (κ3) is 3.94. The zero-order valence-electron chi connectivity index (χ0n) is 14.6. The van der Waals surface area contributed by atoms with Crippen LogP contribution in [-0.2, 0) is 22.6 Å². The first-order valence-electron chi connectivity index (χ1n) is 9.17. The Morgan fingerprint density at radius 2 is 2.32 bits per heavy atom. The molecule has 2 aromatic heterocycles. The van der Waals surface area contributed by atoms with Gasteiger partial charge in [0.15, 0.2) is 0 Å². The normalized spacial score (nSPS) is 27.1. The first kappa shape index (κ1) is 16.8. The number of fused-ring (bicyclic) bond motifs is 1. The number of furan rings is 1. The van der Waals surface area contributed by atoms with Gasteiger partial charge in [-0.15, -0.1) is 0 Å². The fourth-order valence-electron chi connectivity index (χ4n) is 4.21. The molecule has 0 aromatic carbocycles. The molecule has 2 aliphatic heterocycles. The van der Waals surface area contributed by atoms with Gasteiger partial charge in [0.25, 0.3) is 0 Å². The Morgan fingerprint density at radius 3 is 3.16 bits per heavy atom. The monoisotopic (exact) mass is 342 g/mol. The van der Waals surface area contributed by atoms with Gasteiger partial charge in [0.05, 0.1) is 37.5 Å². The molecule has 0 aliphatic carbocycles. The van der Waals surface area contributed by atoms with Gasteiger partial charge in [0, 0.05) is 43.4 Å². The summed E-state index contributed by atoms with van der Waals surface area (Å²) >= 11 is 0. The van der Waals surface area contributed by atoms with Gasteiger partial charge in [-0.2, -0.15) is 0 Å². The Bertz CT molecular complexity index is 646. The maximum atomic E-state index is 6.13. The number of likely N-dealkylation sites (tertiary alicyclic amines) is 1. The predicted molar refractivity (Wildman–Crippen MR) is 93.9 cm³/mol. The van der Waals surface area contributed by atoms with Crippen molar-refractivity contribution in [2.24, 2.45) is 5.41 Å². The minimum atomic E-state index is 0.0923. The van der Waals surface area contributed by atoms with Gasteiger partial charge < -0.3 is 13.9 Å². The molecule has 134 valence electrons. The van der Waals surface area contributed by atoms with Crippen LogP contribution in [0.4, 0.5) is 0 Å². The molecular weight excluding hydrogens is 316 g/mol. The molecule has 25 heavy (non-hydrogen) atoms. The zero-order valence-corrected chi connectivity index (χ0v) is 14.6. The van der Waals surface area contributed by atoms with Crippen LogP contribution in [0.15, 0.2) is 47.4 Å². The lowest BCUT2D eigenvalue weighted by molar-refractivity contribution is -0.156. The van der Waals surface area contributed by atoms with Gasteiger partial charge in [-0.05, 0) is 37.5 Å². The van der Waals surface area contributed by atoms with E-state index in [0.29, 0.717) is 12.7 Å². The SMILES string of the molecule is c1ccc(COC[C@@]23CCCO[C@H]2CCN(Cc2ccoc2)C3)nc1. The Balaban J connectivity index is 1.40. The molecule has 2 aliphatic rings. The van der Waals surface area contributed by atoms with Crippen molar-refractivity contribution in [3.05, 3.63) is 54.2 Å². The van der Waals surface area contributed by atoms with Gasteiger partial charge in [0.2, 0.25) is 0 Å². The average molecular weight is 342 g/mol. The Labute approximate surface area is 148 Å². The molecule has 2 fully saturated rings. The third-order valence-electron chi connectivity index (χ3n) is 5.42. The molecule has 5 heteroatoms. The molecule has 5 nitrogen and oxygen atoms in total. The van der Waals surface area contributed by atoms with E-state index >= 15 is 0 Å². The molecule has 4 rings (SSSR count). The fourth-order valence-corrected chi connectivity index (χ4v) is 4.21. The Morgan fingerprint density at radius 1 is 1.32 bits per heavy atom. The minimum Gasteiger partial charge on any atom is -0.472 e. The summed E-state index contributed by atoms with van der Waals surface area (Å²) in [6.07, 6.45) is 9.07. The molecule has 0 radical (unpaired) electrons. The van der Waals surface area contributed by atoms with Crippen LogP contribution in [0.2, 0.25) is 0 Å². The van der Waals surface area contributed by atoms with Crippen LogP contribution in [0.5, 0.6) is 0 Å². The van der Waals surface area contributed by atoms with Crippen LogP contribution in [0.1, 0.15) is 30.5 Å². The average Bonchev–Trinajstić information content (AvgIpc) is 3.15. The summed E-state index contributed by atoms with van der Waals surface area (Å²) in [4.78, 5) is 6.86. The van der Waals surface area contributed by atoms with E-state index in [-0.39, 0.29) is 5.41 Å². The first-order chi connectivity index (χ1) is 12.3. The Kier molecular flexibility index (Phi) is 5.15. The molecule has 0 unspecified atom stereocenters. The van der Waals surface area contributed by atoms with E-state index in [1.54, 1.807) is 6.26 Å². The largest absolute Gasteiger partial charge is 0.472 e. The molecule has 0 amide bonds. The minimum absolute atomic E-state index is 0.0923. The molecule has 0 spiro atoms. The van der Waals surface area contributed by atoms with Gasteiger partial charge in [-0.25, -0.2) is 0 Å². The van der Waals surface area contributed by atoms with Crippen molar-refractivity contribution in [2.75, 3.05) is 26.3 Å². The van der Waals surface area contributed by atoms with Crippen molar-refractivity contribution in [1.82, 2.24) is 9.88 Å². The molecule has 2 saturated heterocycles. The van der Waals surface area contributed by atoms with Crippen molar-refractivity contribution < 1.29 is 13.9 Å². The number of pyridine rings is 1. The highest BCUT2D eigenvalue weighted by molar-refractivity contribution is 5.07. The number of rotatable bonds is 6. The van der Waals surface area contributed by atoms with Gasteiger partial charge in [0.1, 0.15) is 0 Å². The second-order valence-corrected chi connectivity index (χ2v) is 7.27. The van der Waals surface area contributed by atoms with E-state index in [1.165, 1.54) is 12.0 Å².